The van der Waals surface area contributed by atoms with Gasteiger partial charge in [0.1, 0.15) is 0 Å². The van der Waals surface area contributed by atoms with Crippen molar-refractivity contribution >= 4 is 38.2 Å². The average Bonchev–Trinajstić information content (AvgIpc) is 2.98. The first-order chi connectivity index (χ1) is 12.7. The molecule has 0 aliphatic carbocycles. The van der Waals surface area contributed by atoms with E-state index in [-0.39, 0.29) is 33.8 Å². The van der Waals surface area contributed by atoms with Crippen molar-refractivity contribution < 1.29 is 13.2 Å². The van der Waals surface area contributed by atoms with Crippen molar-refractivity contribution in [2.24, 2.45) is 7.05 Å². The topological polar surface area (TPSA) is 130 Å². The lowest BCUT2D eigenvalue weighted by Gasteiger charge is -2.10. The van der Waals surface area contributed by atoms with E-state index in [0.717, 1.165) is 10.1 Å². The van der Waals surface area contributed by atoms with Gasteiger partial charge in [0.05, 0.1) is 27.9 Å². The largest absolute Gasteiger partial charge is 0.328 e. The van der Waals surface area contributed by atoms with E-state index in [1.165, 1.54) is 31.3 Å². The molecule has 27 heavy (non-hydrogen) atoms. The maximum atomic E-state index is 12.7. The lowest BCUT2D eigenvalue weighted by Crippen LogP contribution is -2.32. The number of carbonyl (C=O) groups is 1. The number of carbonyl (C=O) groups excluding carboxylic acids is 1. The number of aromatic nitrogens is 2. The zero-order valence-electron chi connectivity index (χ0n) is 14.1. The first-order valence-corrected chi connectivity index (χ1v) is 9.41. The average molecular weight is 386 g/mol. The molecule has 3 N–H and O–H groups in total. The number of fused-ring (bicyclic) bond motifs is 2. The maximum Gasteiger partial charge on any atom is 0.328 e. The standard InChI is InChI=1S/C17H14N4O5S/c1-21-16(23)12-8-11(4-5-13(12)19-17(21)24)27(25,26)20-10-3-2-9-6-15(22)18-14(9)7-10/h2-5,7-8,20H,6H2,1H3,(H,18,22)(H,19,24). The third kappa shape index (κ3) is 2.89. The Morgan fingerprint density at radius 1 is 1.07 bits per heavy atom. The second kappa shape index (κ2) is 5.81. The molecule has 138 valence electrons. The third-order valence-corrected chi connectivity index (χ3v) is 5.75. The number of nitrogens with one attached hydrogen (secondary N) is 3. The Labute approximate surface area is 152 Å². The van der Waals surface area contributed by atoms with E-state index in [1.807, 2.05) is 0 Å². The molecule has 0 saturated heterocycles. The van der Waals surface area contributed by atoms with Gasteiger partial charge in [0.2, 0.25) is 5.91 Å². The summed E-state index contributed by atoms with van der Waals surface area (Å²) in [5.74, 6) is -0.149. The van der Waals surface area contributed by atoms with Crippen LogP contribution in [0.1, 0.15) is 5.56 Å². The zero-order chi connectivity index (χ0) is 19.3. The summed E-state index contributed by atoms with van der Waals surface area (Å²) in [7, 11) is -2.67. The van der Waals surface area contributed by atoms with Gasteiger partial charge in [0, 0.05) is 12.7 Å². The second-order valence-corrected chi connectivity index (χ2v) is 7.89. The number of amides is 1. The van der Waals surface area contributed by atoms with Crippen LogP contribution in [0.15, 0.2) is 50.9 Å². The summed E-state index contributed by atoms with van der Waals surface area (Å²) in [5.41, 5.74) is 0.714. The van der Waals surface area contributed by atoms with Gasteiger partial charge < -0.3 is 10.3 Å². The molecule has 1 aliphatic rings. The van der Waals surface area contributed by atoms with Gasteiger partial charge in [0.15, 0.2) is 0 Å². The van der Waals surface area contributed by atoms with E-state index < -0.39 is 21.3 Å². The van der Waals surface area contributed by atoms with Gasteiger partial charge >= 0.3 is 5.69 Å². The highest BCUT2D eigenvalue weighted by Crippen LogP contribution is 2.27. The Hall–Kier alpha value is -3.40. The van der Waals surface area contributed by atoms with Crippen LogP contribution < -0.4 is 21.3 Å². The zero-order valence-corrected chi connectivity index (χ0v) is 14.9. The minimum Gasteiger partial charge on any atom is -0.325 e. The molecule has 1 aliphatic heterocycles. The Balaban J connectivity index is 1.74. The van der Waals surface area contributed by atoms with Crippen LogP contribution in [0.3, 0.4) is 0 Å². The minimum atomic E-state index is -3.98. The molecule has 0 atom stereocenters. The van der Waals surface area contributed by atoms with Crippen molar-refractivity contribution in [3.05, 3.63) is 62.8 Å². The van der Waals surface area contributed by atoms with Crippen molar-refractivity contribution in [2.45, 2.75) is 11.3 Å². The van der Waals surface area contributed by atoms with Gasteiger partial charge in [0.25, 0.3) is 15.6 Å². The van der Waals surface area contributed by atoms with Crippen molar-refractivity contribution in [3.8, 4) is 0 Å². The number of rotatable bonds is 3. The van der Waals surface area contributed by atoms with Gasteiger partial charge in [-0.1, -0.05) is 6.07 Å². The Morgan fingerprint density at radius 2 is 1.85 bits per heavy atom. The smallest absolute Gasteiger partial charge is 0.325 e. The summed E-state index contributed by atoms with van der Waals surface area (Å²) < 4.78 is 28.7. The SMILES string of the molecule is Cn1c(=O)[nH]c2ccc(S(=O)(=O)Nc3ccc4c(c3)NC(=O)C4)cc2c1=O. The van der Waals surface area contributed by atoms with Crippen LogP contribution in [0, 0.1) is 0 Å². The van der Waals surface area contributed by atoms with Gasteiger partial charge in [-0.25, -0.2) is 13.2 Å². The molecule has 0 radical (unpaired) electrons. The summed E-state index contributed by atoms with van der Waals surface area (Å²) in [6.45, 7) is 0. The van der Waals surface area contributed by atoms with Crippen LogP contribution in [-0.2, 0) is 28.3 Å². The van der Waals surface area contributed by atoms with Crippen LogP contribution in [0.25, 0.3) is 10.9 Å². The summed E-state index contributed by atoms with van der Waals surface area (Å²) in [4.78, 5) is 37.7. The molecule has 4 rings (SSSR count). The van der Waals surface area contributed by atoms with Crippen molar-refractivity contribution in [2.75, 3.05) is 10.0 Å². The number of anilines is 2. The Kier molecular flexibility index (Phi) is 3.67. The van der Waals surface area contributed by atoms with Crippen LogP contribution in [-0.4, -0.2) is 23.9 Å². The van der Waals surface area contributed by atoms with Crippen LogP contribution >= 0.6 is 0 Å². The summed E-state index contributed by atoms with van der Waals surface area (Å²) in [6.07, 6.45) is 0.258. The number of hydrogen-bond acceptors (Lipinski definition) is 5. The molecule has 1 aromatic heterocycles. The highest BCUT2D eigenvalue weighted by atomic mass is 32.2. The molecule has 10 heteroatoms. The second-order valence-electron chi connectivity index (χ2n) is 6.20. The molecule has 0 saturated carbocycles. The maximum absolute atomic E-state index is 12.7. The predicted octanol–water partition coefficient (Wildman–Crippen LogP) is 0.522. The van der Waals surface area contributed by atoms with Gasteiger partial charge in [-0.3, -0.25) is 18.9 Å². The molecule has 2 heterocycles. The van der Waals surface area contributed by atoms with Crippen molar-refractivity contribution in [3.63, 3.8) is 0 Å². The fourth-order valence-electron chi connectivity index (χ4n) is 2.94. The Bertz CT molecular complexity index is 1340. The van der Waals surface area contributed by atoms with Gasteiger partial charge in [-0.05, 0) is 35.9 Å². The van der Waals surface area contributed by atoms with Gasteiger partial charge in [-0.2, -0.15) is 0 Å². The molecule has 0 unspecified atom stereocenters. The number of H-pyrrole nitrogens is 1. The first kappa shape index (κ1) is 17.0. The summed E-state index contributed by atoms with van der Waals surface area (Å²) in [5, 5.41) is 2.74. The minimum absolute atomic E-state index is 0.0844. The van der Waals surface area contributed by atoms with E-state index in [4.69, 9.17) is 0 Å². The van der Waals surface area contributed by atoms with Gasteiger partial charge in [-0.15, -0.1) is 0 Å². The lowest BCUT2D eigenvalue weighted by atomic mass is 10.1. The fraction of sp³-hybridized carbons (Fsp3) is 0.118. The molecule has 0 bridgehead atoms. The predicted molar refractivity (Wildman–Crippen MR) is 99.4 cm³/mol. The van der Waals surface area contributed by atoms with Crippen LogP contribution in [0.2, 0.25) is 0 Å². The Morgan fingerprint density at radius 3 is 2.63 bits per heavy atom. The number of benzene rings is 2. The summed E-state index contributed by atoms with van der Waals surface area (Å²) in [6, 6.07) is 8.66. The lowest BCUT2D eigenvalue weighted by molar-refractivity contribution is -0.115. The normalized spacial score (nSPS) is 13.4. The molecule has 0 fully saturated rings. The molecule has 9 nitrogen and oxygen atoms in total. The number of sulfonamides is 1. The first-order valence-electron chi connectivity index (χ1n) is 7.93. The molecule has 3 aromatic rings. The number of aromatic amines is 1. The van der Waals surface area contributed by atoms with Crippen molar-refractivity contribution in [1.82, 2.24) is 9.55 Å². The van der Waals surface area contributed by atoms with Crippen LogP contribution in [0.5, 0.6) is 0 Å². The summed E-state index contributed by atoms with van der Waals surface area (Å²) >= 11 is 0. The van der Waals surface area contributed by atoms with E-state index >= 15 is 0 Å². The monoisotopic (exact) mass is 386 g/mol. The van der Waals surface area contributed by atoms with E-state index in [0.29, 0.717) is 5.69 Å². The van der Waals surface area contributed by atoms with E-state index in [1.54, 1.807) is 12.1 Å². The number of hydrogen-bond donors (Lipinski definition) is 3. The fourth-order valence-corrected chi connectivity index (χ4v) is 4.02. The molecular formula is C17H14N4O5S. The van der Waals surface area contributed by atoms with Crippen LogP contribution in [0.4, 0.5) is 11.4 Å². The molecule has 0 spiro atoms. The quantitative estimate of drug-likeness (QED) is 0.604. The number of nitrogens with zero attached hydrogens (tertiary/aromatic N) is 1. The molecular weight excluding hydrogens is 372 g/mol. The molecule has 2 aromatic carbocycles. The van der Waals surface area contributed by atoms with E-state index in [9.17, 15) is 22.8 Å². The highest BCUT2D eigenvalue weighted by molar-refractivity contribution is 7.92. The highest BCUT2D eigenvalue weighted by Gasteiger charge is 2.20. The molecule has 1 amide bonds. The van der Waals surface area contributed by atoms with Crippen molar-refractivity contribution in [1.29, 1.82) is 0 Å². The third-order valence-electron chi connectivity index (χ3n) is 4.37. The van der Waals surface area contributed by atoms with E-state index in [2.05, 4.69) is 15.0 Å².